The summed E-state index contributed by atoms with van der Waals surface area (Å²) in [6.07, 6.45) is 1.10. The van der Waals surface area contributed by atoms with Crippen LogP contribution in [-0.4, -0.2) is 23.4 Å². The van der Waals surface area contributed by atoms with Gasteiger partial charge < -0.3 is 15.0 Å². The third kappa shape index (κ3) is 2.14. The lowest BCUT2D eigenvalue weighted by Crippen LogP contribution is -1.97. The maximum Gasteiger partial charge on any atom is 0.240 e. The summed E-state index contributed by atoms with van der Waals surface area (Å²) in [6, 6.07) is 8.23. The zero-order chi connectivity index (χ0) is 12.4. The Hall–Kier alpha value is -1.72. The molecule has 0 amide bonds. The van der Waals surface area contributed by atoms with Crippen LogP contribution in [0.5, 0.6) is 0 Å². The van der Waals surface area contributed by atoms with Crippen molar-refractivity contribution < 1.29 is 9.26 Å². The molecule has 2 heterocycles. The molecule has 1 unspecified atom stereocenters. The van der Waals surface area contributed by atoms with Gasteiger partial charge in [-0.2, -0.15) is 4.98 Å². The van der Waals surface area contributed by atoms with Crippen molar-refractivity contribution in [1.29, 1.82) is 0 Å². The fourth-order valence-electron chi connectivity index (χ4n) is 2.16. The van der Waals surface area contributed by atoms with Crippen molar-refractivity contribution in [2.24, 2.45) is 5.73 Å². The minimum atomic E-state index is 0.268. The number of hydrogen-bond acceptors (Lipinski definition) is 5. The first-order valence-corrected chi connectivity index (χ1v) is 6.07. The molecular weight excluding hydrogens is 230 g/mol. The SMILES string of the molecule is NCc1nc(-c2ccc(C3CCOC3)cc2)no1. The number of hydrogen-bond donors (Lipinski definition) is 1. The van der Waals surface area contributed by atoms with Gasteiger partial charge in [-0.05, 0) is 12.0 Å². The molecule has 1 aliphatic rings. The molecule has 0 bridgehead atoms. The van der Waals surface area contributed by atoms with Gasteiger partial charge in [0.1, 0.15) is 0 Å². The summed E-state index contributed by atoms with van der Waals surface area (Å²) in [5.74, 6) is 1.56. The Kier molecular flexibility index (Phi) is 3.08. The zero-order valence-electron chi connectivity index (χ0n) is 10.0. The molecule has 3 rings (SSSR count). The molecule has 1 saturated heterocycles. The van der Waals surface area contributed by atoms with Gasteiger partial charge >= 0.3 is 0 Å². The first kappa shape index (κ1) is 11.4. The number of benzene rings is 1. The lowest BCUT2D eigenvalue weighted by atomic mass is 9.97. The molecule has 5 nitrogen and oxygen atoms in total. The van der Waals surface area contributed by atoms with Gasteiger partial charge in [0.05, 0.1) is 13.2 Å². The van der Waals surface area contributed by atoms with E-state index in [2.05, 4.69) is 22.3 Å². The van der Waals surface area contributed by atoms with Gasteiger partial charge in [-0.15, -0.1) is 0 Å². The highest BCUT2D eigenvalue weighted by atomic mass is 16.5. The highest BCUT2D eigenvalue weighted by Crippen LogP contribution is 2.26. The van der Waals surface area contributed by atoms with Gasteiger partial charge in [-0.3, -0.25) is 0 Å². The van der Waals surface area contributed by atoms with E-state index in [1.54, 1.807) is 0 Å². The Balaban J connectivity index is 1.81. The van der Waals surface area contributed by atoms with Crippen LogP contribution in [0.25, 0.3) is 11.4 Å². The summed E-state index contributed by atoms with van der Waals surface area (Å²) < 4.78 is 10.4. The van der Waals surface area contributed by atoms with E-state index in [1.165, 1.54) is 5.56 Å². The van der Waals surface area contributed by atoms with Gasteiger partial charge in [-0.25, -0.2) is 0 Å². The largest absolute Gasteiger partial charge is 0.381 e. The monoisotopic (exact) mass is 245 g/mol. The van der Waals surface area contributed by atoms with E-state index in [4.69, 9.17) is 15.0 Å². The van der Waals surface area contributed by atoms with Crippen LogP contribution in [0.2, 0.25) is 0 Å². The first-order valence-electron chi connectivity index (χ1n) is 6.07. The van der Waals surface area contributed by atoms with Crippen LogP contribution in [0.15, 0.2) is 28.8 Å². The molecule has 2 aromatic rings. The van der Waals surface area contributed by atoms with Crippen molar-refractivity contribution in [3.05, 3.63) is 35.7 Å². The maximum atomic E-state index is 5.44. The third-order valence-electron chi connectivity index (χ3n) is 3.21. The van der Waals surface area contributed by atoms with E-state index < -0.39 is 0 Å². The first-order chi connectivity index (χ1) is 8.86. The normalized spacial score (nSPS) is 19.3. The van der Waals surface area contributed by atoms with Gasteiger partial charge in [0, 0.05) is 18.1 Å². The lowest BCUT2D eigenvalue weighted by Gasteiger charge is -2.07. The van der Waals surface area contributed by atoms with E-state index in [0.717, 1.165) is 25.2 Å². The fourth-order valence-corrected chi connectivity index (χ4v) is 2.16. The highest BCUT2D eigenvalue weighted by Gasteiger charge is 2.17. The second kappa shape index (κ2) is 4.88. The zero-order valence-corrected chi connectivity index (χ0v) is 10.0. The number of ether oxygens (including phenoxy) is 1. The molecule has 0 aliphatic carbocycles. The molecule has 18 heavy (non-hydrogen) atoms. The van der Waals surface area contributed by atoms with Crippen LogP contribution in [0.1, 0.15) is 23.8 Å². The Morgan fingerprint density at radius 2 is 2.11 bits per heavy atom. The molecule has 1 aromatic carbocycles. The summed E-state index contributed by atoms with van der Waals surface area (Å²) in [6.45, 7) is 1.94. The Morgan fingerprint density at radius 1 is 1.28 bits per heavy atom. The molecule has 0 spiro atoms. The Bertz CT molecular complexity index is 515. The standard InChI is InChI=1S/C13H15N3O2/c14-7-12-15-13(16-18-12)10-3-1-9(2-4-10)11-5-6-17-8-11/h1-4,11H,5-8,14H2. The molecule has 1 aliphatic heterocycles. The van der Waals surface area contributed by atoms with Crippen molar-refractivity contribution in [2.75, 3.05) is 13.2 Å². The van der Waals surface area contributed by atoms with E-state index in [0.29, 0.717) is 17.6 Å². The topological polar surface area (TPSA) is 74.2 Å². The van der Waals surface area contributed by atoms with Gasteiger partial charge in [0.25, 0.3) is 0 Å². The molecule has 0 saturated carbocycles. The second-order valence-corrected chi connectivity index (χ2v) is 4.40. The van der Waals surface area contributed by atoms with Crippen LogP contribution >= 0.6 is 0 Å². The summed E-state index contributed by atoms with van der Waals surface area (Å²) in [7, 11) is 0. The van der Waals surface area contributed by atoms with Gasteiger partial charge in [-0.1, -0.05) is 29.4 Å². The molecule has 2 N–H and O–H groups in total. The van der Waals surface area contributed by atoms with Crippen LogP contribution < -0.4 is 5.73 Å². The molecule has 5 heteroatoms. The molecule has 94 valence electrons. The number of rotatable bonds is 3. The summed E-state index contributed by atoms with van der Waals surface area (Å²) >= 11 is 0. The van der Waals surface area contributed by atoms with E-state index in [1.807, 2.05) is 12.1 Å². The van der Waals surface area contributed by atoms with Crippen molar-refractivity contribution >= 4 is 0 Å². The van der Waals surface area contributed by atoms with Crippen molar-refractivity contribution in [3.8, 4) is 11.4 Å². The molecule has 1 atom stereocenters. The Labute approximate surface area is 105 Å². The number of aromatic nitrogens is 2. The molecule has 0 radical (unpaired) electrons. The quantitative estimate of drug-likeness (QED) is 0.890. The Morgan fingerprint density at radius 3 is 2.72 bits per heavy atom. The van der Waals surface area contributed by atoms with Crippen LogP contribution in [0, 0.1) is 0 Å². The highest BCUT2D eigenvalue weighted by molar-refractivity contribution is 5.54. The molecular formula is C13H15N3O2. The lowest BCUT2D eigenvalue weighted by molar-refractivity contribution is 0.194. The minimum Gasteiger partial charge on any atom is -0.381 e. The van der Waals surface area contributed by atoms with Crippen molar-refractivity contribution in [1.82, 2.24) is 10.1 Å². The summed E-state index contributed by atoms with van der Waals surface area (Å²) in [5.41, 5.74) is 7.69. The predicted octanol–water partition coefficient (Wildman–Crippen LogP) is 1.70. The minimum absolute atomic E-state index is 0.268. The van der Waals surface area contributed by atoms with E-state index >= 15 is 0 Å². The predicted molar refractivity (Wildman–Crippen MR) is 65.8 cm³/mol. The maximum absolute atomic E-state index is 5.44. The number of nitrogens with two attached hydrogens (primary N) is 1. The van der Waals surface area contributed by atoms with Crippen molar-refractivity contribution in [3.63, 3.8) is 0 Å². The smallest absolute Gasteiger partial charge is 0.240 e. The van der Waals surface area contributed by atoms with Crippen molar-refractivity contribution in [2.45, 2.75) is 18.9 Å². The summed E-state index contributed by atoms with van der Waals surface area (Å²) in [5, 5.41) is 3.89. The van der Waals surface area contributed by atoms with Crippen LogP contribution in [-0.2, 0) is 11.3 Å². The third-order valence-corrected chi connectivity index (χ3v) is 3.21. The average molecular weight is 245 g/mol. The summed E-state index contributed by atoms with van der Waals surface area (Å²) in [4.78, 5) is 4.20. The fraction of sp³-hybridized carbons (Fsp3) is 0.385. The van der Waals surface area contributed by atoms with Crippen LogP contribution in [0.3, 0.4) is 0 Å². The second-order valence-electron chi connectivity index (χ2n) is 4.40. The average Bonchev–Trinajstić information content (AvgIpc) is 3.10. The van der Waals surface area contributed by atoms with Gasteiger partial charge in [0.2, 0.25) is 11.7 Å². The van der Waals surface area contributed by atoms with Crippen LogP contribution in [0.4, 0.5) is 0 Å². The number of nitrogens with zero attached hydrogens (tertiary/aromatic N) is 2. The van der Waals surface area contributed by atoms with E-state index in [-0.39, 0.29) is 6.54 Å². The van der Waals surface area contributed by atoms with E-state index in [9.17, 15) is 0 Å². The molecule has 1 aromatic heterocycles. The van der Waals surface area contributed by atoms with Gasteiger partial charge in [0.15, 0.2) is 0 Å². The molecule has 1 fully saturated rings.